The number of aromatic hydroxyl groups is 1. The average Bonchev–Trinajstić information content (AvgIpc) is 3.26. The van der Waals surface area contributed by atoms with Crippen LogP contribution in [0.1, 0.15) is 38.2 Å². The monoisotopic (exact) mass is 514 g/mol. The minimum atomic E-state index is -1.21. The second-order valence-corrected chi connectivity index (χ2v) is 10.9. The number of carbonyl (C=O) groups is 4. The number of hydrogen-bond donors (Lipinski definition) is 1. The summed E-state index contributed by atoms with van der Waals surface area (Å²) in [5.41, 5.74) is 0.605. The number of anilines is 1. The number of amides is 4. The van der Waals surface area contributed by atoms with Gasteiger partial charge in [-0.05, 0) is 50.8 Å². The quantitative estimate of drug-likeness (QED) is 0.493. The van der Waals surface area contributed by atoms with Gasteiger partial charge < -0.3 is 9.84 Å². The Labute approximate surface area is 220 Å². The molecule has 1 N–H and O–H groups in total. The Morgan fingerprint density at radius 1 is 0.974 bits per heavy atom. The van der Waals surface area contributed by atoms with E-state index >= 15 is 0 Å². The van der Waals surface area contributed by atoms with Crippen LogP contribution in [0.5, 0.6) is 11.5 Å². The molecule has 6 rings (SSSR count). The number of phenolic OH excluding ortho intramolecular Hbond substituents is 1. The summed E-state index contributed by atoms with van der Waals surface area (Å²) < 4.78 is 5.66. The molecule has 4 aliphatic rings. The number of allylic oxidation sites excluding steroid dienone is 2. The third kappa shape index (κ3) is 3.09. The lowest BCUT2D eigenvalue weighted by atomic mass is 9.51. The van der Waals surface area contributed by atoms with Crippen molar-refractivity contribution in [3.63, 3.8) is 0 Å². The van der Waals surface area contributed by atoms with Crippen LogP contribution in [0, 0.1) is 29.1 Å². The first-order chi connectivity index (χ1) is 18.2. The molecular formula is C30H30N2O6. The van der Waals surface area contributed by atoms with Crippen molar-refractivity contribution in [1.29, 1.82) is 0 Å². The normalized spacial score (nSPS) is 32.2. The molecule has 0 aromatic heterocycles. The molecule has 6 atom stereocenters. The van der Waals surface area contributed by atoms with Gasteiger partial charge in [-0.15, -0.1) is 0 Å². The molecule has 2 aliphatic carbocycles. The van der Waals surface area contributed by atoms with E-state index in [1.54, 1.807) is 49.4 Å². The lowest BCUT2D eigenvalue weighted by Crippen LogP contribution is -2.48. The first-order valence-corrected chi connectivity index (χ1v) is 13.1. The van der Waals surface area contributed by atoms with Gasteiger partial charge in [0, 0.05) is 18.5 Å². The fraction of sp³-hybridized carbons (Fsp3) is 0.400. The zero-order chi connectivity index (χ0) is 26.9. The summed E-state index contributed by atoms with van der Waals surface area (Å²) in [6.45, 7) is 3.97. The van der Waals surface area contributed by atoms with Gasteiger partial charge in [-0.25, -0.2) is 4.90 Å². The number of para-hydroxylation sites is 2. The zero-order valence-electron chi connectivity index (χ0n) is 21.6. The van der Waals surface area contributed by atoms with E-state index in [0.717, 1.165) is 5.57 Å². The van der Waals surface area contributed by atoms with Gasteiger partial charge in [-0.1, -0.05) is 42.0 Å². The molecule has 38 heavy (non-hydrogen) atoms. The maximum atomic E-state index is 14.3. The molecule has 6 unspecified atom stereocenters. The summed E-state index contributed by atoms with van der Waals surface area (Å²) >= 11 is 0. The van der Waals surface area contributed by atoms with Crippen LogP contribution in [0.2, 0.25) is 0 Å². The molecule has 8 nitrogen and oxygen atoms in total. The van der Waals surface area contributed by atoms with Crippen LogP contribution in [-0.2, 0) is 19.2 Å². The number of fused-ring (bicyclic) bond motifs is 4. The third-order valence-electron chi connectivity index (χ3n) is 9.15. The number of benzene rings is 2. The highest BCUT2D eigenvalue weighted by Crippen LogP contribution is 2.64. The van der Waals surface area contributed by atoms with E-state index in [-0.39, 0.29) is 35.8 Å². The SMILES string of the molecule is CCOc1cccc(C2C3=CCC4C(=O)N(C)C(=O)C4C3CC3C(=O)N(c4ccccc4)C(=O)C32C)c1O. The van der Waals surface area contributed by atoms with Gasteiger partial charge in [-0.3, -0.25) is 24.1 Å². The van der Waals surface area contributed by atoms with Gasteiger partial charge >= 0.3 is 0 Å². The van der Waals surface area contributed by atoms with E-state index in [2.05, 4.69) is 0 Å². The number of carbonyl (C=O) groups excluding carboxylic acids is 4. The summed E-state index contributed by atoms with van der Waals surface area (Å²) in [6.07, 6.45) is 2.63. The van der Waals surface area contributed by atoms with E-state index in [1.807, 2.05) is 19.1 Å². The Hall–Kier alpha value is -3.94. The maximum Gasteiger partial charge on any atom is 0.241 e. The molecule has 8 heteroatoms. The summed E-state index contributed by atoms with van der Waals surface area (Å²) in [5, 5.41) is 11.4. The van der Waals surface area contributed by atoms with Crippen LogP contribution < -0.4 is 9.64 Å². The molecule has 0 radical (unpaired) electrons. The van der Waals surface area contributed by atoms with E-state index in [9.17, 15) is 24.3 Å². The molecule has 196 valence electrons. The van der Waals surface area contributed by atoms with Crippen molar-refractivity contribution in [3.8, 4) is 11.5 Å². The molecule has 4 amide bonds. The largest absolute Gasteiger partial charge is 0.504 e. The highest BCUT2D eigenvalue weighted by molar-refractivity contribution is 6.24. The van der Waals surface area contributed by atoms with Crippen molar-refractivity contribution in [3.05, 3.63) is 65.7 Å². The lowest BCUT2D eigenvalue weighted by Gasteiger charge is -2.49. The Morgan fingerprint density at radius 3 is 2.42 bits per heavy atom. The van der Waals surface area contributed by atoms with Crippen molar-refractivity contribution in [1.82, 2.24) is 4.90 Å². The van der Waals surface area contributed by atoms with E-state index < -0.39 is 35.0 Å². The molecule has 1 saturated carbocycles. The molecule has 0 bridgehead atoms. The molecule has 2 aromatic rings. The molecule has 0 spiro atoms. The number of nitrogens with zero attached hydrogens (tertiary/aromatic N) is 2. The van der Waals surface area contributed by atoms with Gasteiger partial charge in [0.05, 0.1) is 35.5 Å². The van der Waals surface area contributed by atoms with Crippen LogP contribution in [-0.4, -0.2) is 47.3 Å². The first-order valence-electron chi connectivity index (χ1n) is 13.1. The summed E-state index contributed by atoms with van der Waals surface area (Å²) in [4.78, 5) is 56.9. The van der Waals surface area contributed by atoms with Crippen molar-refractivity contribution in [2.24, 2.45) is 29.1 Å². The van der Waals surface area contributed by atoms with E-state index in [1.165, 1.54) is 16.8 Å². The minimum absolute atomic E-state index is 0.0765. The Kier molecular flexibility index (Phi) is 5.49. The number of likely N-dealkylation sites (tertiary alicyclic amines) is 1. The van der Waals surface area contributed by atoms with Crippen LogP contribution in [0.4, 0.5) is 5.69 Å². The van der Waals surface area contributed by atoms with E-state index in [0.29, 0.717) is 30.0 Å². The zero-order valence-corrected chi connectivity index (χ0v) is 21.6. The van der Waals surface area contributed by atoms with Gasteiger partial charge in [-0.2, -0.15) is 0 Å². The number of ether oxygens (including phenoxy) is 1. The average molecular weight is 515 g/mol. The number of hydrogen-bond acceptors (Lipinski definition) is 6. The molecule has 2 heterocycles. The van der Waals surface area contributed by atoms with Crippen LogP contribution in [0.3, 0.4) is 0 Å². The fourth-order valence-corrected chi connectivity index (χ4v) is 7.38. The Bertz CT molecular complexity index is 1400. The number of phenols is 1. The molecule has 2 aromatic carbocycles. The smallest absolute Gasteiger partial charge is 0.241 e. The third-order valence-corrected chi connectivity index (χ3v) is 9.15. The van der Waals surface area contributed by atoms with Crippen LogP contribution in [0.15, 0.2) is 60.2 Å². The summed E-state index contributed by atoms with van der Waals surface area (Å²) in [5.74, 6) is -3.77. The molecular weight excluding hydrogens is 484 g/mol. The molecule has 2 saturated heterocycles. The van der Waals surface area contributed by atoms with Crippen molar-refractivity contribution in [2.75, 3.05) is 18.6 Å². The van der Waals surface area contributed by atoms with Crippen LogP contribution in [0.25, 0.3) is 0 Å². The van der Waals surface area contributed by atoms with E-state index in [4.69, 9.17) is 4.74 Å². The Morgan fingerprint density at radius 2 is 1.71 bits per heavy atom. The highest BCUT2D eigenvalue weighted by Gasteiger charge is 2.67. The van der Waals surface area contributed by atoms with Gasteiger partial charge in [0.2, 0.25) is 23.6 Å². The van der Waals surface area contributed by atoms with Gasteiger partial charge in [0.1, 0.15) is 0 Å². The minimum Gasteiger partial charge on any atom is -0.504 e. The van der Waals surface area contributed by atoms with Crippen molar-refractivity contribution in [2.45, 2.75) is 32.6 Å². The predicted octanol–water partition coefficient (Wildman–Crippen LogP) is 3.65. The molecule has 3 fully saturated rings. The van der Waals surface area contributed by atoms with Crippen molar-refractivity contribution >= 4 is 29.3 Å². The topological polar surface area (TPSA) is 104 Å². The predicted molar refractivity (Wildman–Crippen MR) is 138 cm³/mol. The molecule has 2 aliphatic heterocycles. The van der Waals surface area contributed by atoms with Gasteiger partial charge in [0.25, 0.3) is 0 Å². The number of rotatable bonds is 4. The standard InChI is InChI=1S/C30H30N2O6/c1-4-38-22-12-8-11-19(25(22)33)24-17-13-14-18-23(28(36)31(3)26(18)34)20(17)15-21-27(35)32(29(37)30(21,24)2)16-9-6-5-7-10-16/h5-13,18,20-21,23-24,33H,4,14-15H2,1-3H3. The highest BCUT2D eigenvalue weighted by atomic mass is 16.5. The second-order valence-electron chi connectivity index (χ2n) is 10.9. The van der Waals surface area contributed by atoms with Crippen LogP contribution >= 0.6 is 0 Å². The van der Waals surface area contributed by atoms with Crippen molar-refractivity contribution < 1.29 is 29.0 Å². The maximum absolute atomic E-state index is 14.3. The van der Waals surface area contributed by atoms with Gasteiger partial charge in [0.15, 0.2) is 11.5 Å². The number of imide groups is 2. The summed E-state index contributed by atoms with van der Waals surface area (Å²) in [6, 6.07) is 14.0. The fourth-order valence-electron chi connectivity index (χ4n) is 7.38. The first kappa shape index (κ1) is 24.4. The lowest BCUT2D eigenvalue weighted by molar-refractivity contribution is -0.138. The summed E-state index contributed by atoms with van der Waals surface area (Å²) in [7, 11) is 1.51. The second kappa shape index (κ2) is 8.55. The Balaban J connectivity index is 1.56.